The molecule has 1 aliphatic rings. The highest BCUT2D eigenvalue weighted by molar-refractivity contribution is 5.76. The molecule has 1 aromatic carbocycles. The summed E-state index contributed by atoms with van der Waals surface area (Å²) in [7, 11) is 0. The largest absolute Gasteiger partial charge is 0.481 e. The van der Waals surface area contributed by atoms with E-state index in [0.717, 1.165) is 23.1 Å². The third-order valence-electron chi connectivity index (χ3n) is 3.46. The zero-order valence-corrected chi connectivity index (χ0v) is 15.8. The standard InChI is InChI=1S/C18H23NO4.C2H6/c1-18(2,3)23-17(22)19-9-5-8-15(12-19)14-7-4-6-13(10-14)11-16(20)21;1-2/h4,6-8,10H,5,9,11-12H2,1-3H3,(H,20,21);1-2H3. The fraction of sp³-hybridized carbons (Fsp3) is 0.500. The van der Waals surface area contributed by atoms with Gasteiger partial charge in [-0.1, -0.05) is 44.2 Å². The van der Waals surface area contributed by atoms with Crippen LogP contribution in [0.2, 0.25) is 0 Å². The first-order valence-corrected chi connectivity index (χ1v) is 8.73. The molecule has 0 aromatic heterocycles. The van der Waals surface area contributed by atoms with Crippen molar-refractivity contribution in [2.45, 2.75) is 53.1 Å². The molecule has 138 valence electrons. The van der Waals surface area contributed by atoms with Gasteiger partial charge in [0.25, 0.3) is 0 Å². The number of amides is 1. The van der Waals surface area contributed by atoms with Gasteiger partial charge in [-0.25, -0.2) is 4.79 Å². The van der Waals surface area contributed by atoms with E-state index in [9.17, 15) is 9.59 Å². The van der Waals surface area contributed by atoms with E-state index in [2.05, 4.69) is 6.08 Å². The Balaban J connectivity index is 0.00000151. The topological polar surface area (TPSA) is 66.8 Å². The van der Waals surface area contributed by atoms with Gasteiger partial charge in [-0.05, 0) is 43.9 Å². The molecular formula is C20H29NO4. The van der Waals surface area contributed by atoms with Crippen LogP contribution in [0.1, 0.15) is 52.2 Å². The normalized spacial score (nSPS) is 14.1. The van der Waals surface area contributed by atoms with E-state index in [4.69, 9.17) is 9.84 Å². The number of aliphatic carboxylic acids is 1. The van der Waals surface area contributed by atoms with Gasteiger partial charge in [0.2, 0.25) is 0 Å². The molecule has 5 nitrogen and oxygen atoms in total. The summed E-state index contributed by atoms with van der Waals surface area (Å²) in [4.78, 5) is 24.7. The number of carbonyl (C=O) groups excluding carboxylic acids is 1. The van der Waals surface area contributed by atoms with Crippen LogP contribution in [-0.4, -0.2) is 40.8 Å². The van der Waals surface area contributed by atoms with Crippen molar-refractivity contribution in [3.63, 3.8) is 0 Å². The Kier molecular flexibility index (Phi) is 7.68. The third-order valence-corrected chi connectivity index (χ3v) is 3.46. The average Bonchev–Trinajstić information content (AvgIpc) is 2.55. The molecule has 1 heterocycles. The van der Waals surface area contributed by atoms with Gasteiger partial charge in [0.15, 0.2) is 0 Å². The molecule has 0 saturated heterocycles. The van der Waals surface area contributed by atoms with Crippen molar-refractivity contribution >= 4 is 17.6 Å². The number of benzene rings is 1. The zero-order valence-electron chi connectivity index (χ0n) is 15.8. The van der Waals surface area contributed by atoms with Gasteiger partial charge in [-0.3, -0.25) is 4.79 Å². The maximum atomic E-state index is 12.2. The summed E-state index contributed by atoms with van der Waals surface area (Å²) in [6, 6.07) is 7.46. The zero-order chi connectivity index (χ0) is 19.0. The number of hydrogen-bond acceptors (Lipinski definition) is 3. The smallest absolute Gasteiger partial charge is 0.410 e. The average molecular weight is 347 g/mol. The highest BCUT2D eigenvalue weighted by Crippen LogP contribution is 2.23. The Morgan fingerprint density at radius 2 is 1.92 bits per heavy atom. The predicted octanol–water partition coefficient (Wildman–Crippen LogP) is 4.36. The number of ether oxygens (including phenoxy) is 1. The molecule has 0 bridgehead atoms. The number of carboxylic acids is 1. The van der Waals surface area contributed by atoms with E-state index in [1.54, 1.807) is 11.0 Å². The molecule has 0 fully saturated rings. The number of carbonyl (C=O) groups is 2. The molecule has 1 aliphatic heterocycles. The van der Waals surface area contributed by atoms with Gasteiger partial charge in [0, 0.05) is 13.1 Å². The number of hydrogen-bond donors (Lipinski definition) is 1. The quantitative estimate of drug-likeness (QED) is 0.882. The lowest BCUT2D eigenvalue weighted by Crippen LogP contribution is -2.39. The number of carboxylic acid groups (broad SMARTS) is 1. The lowest BCUT2D eigenvalue weighted by Gasteiger charge is -2.30. The fourth-order valence-electron chi connectivity index (χ4n) is 2.49. The van der Waals surface area contributed by atoms with Crippen LogP contribution >= 0.6 is 0 Å². The predicted molar refractivity (Wildman–Crippen MR) is 99.5 cm³/mol. The lowest BCUT2D eigenvalue weighted by molar-refractivity contribution is -0.136. The van der Waals surface area contributed by atoms with Gasteiger partial charge in [0.05, 0.1) is 6.42 Å². The summed E-state index contributed by atoms with van der Waals surface area (Å²) in [6.07, 6.45) is 2.54. The molecule has 0 saturated carbocycles. The Bertz CT molecular complexity index is 629. The number of rotatable bonds is 3. The Morgan fingerprint density at radius 3 is 2.52 bits per heavy atom. The molecule has 5 heteroatoms. The van der Waals surface area contributed by atoms with Crippen molar-refractivity contribution in [3.8, 4) is 0 Å². The SMILES string of the molecule is CC.CC(C)(C)OC(=O)N1CCC=C(c2cccc(CC(=O)O)c2)C1. The van der Waals surface area contributed by atoms with E-state index in [0.29, 0.717) is 13.1 Å². The first-order valence-electron chi connectivity index (χ1n) is 8.73. The van der Waals surface area contributed by atoms with Crippen molar-refractivity contribution in [2.75, 3.05) is 13.1 Å². The molecule has 0 aliphatic carbocycles. The summed E-state index contributed by atoms with van der Waals surface area (Å²) in [6.45, 7) is 10.7. The van der Waals surface area contributed by atoms with Gasteiger partial charge < -0.3 is 14.7 Å². The van der Waals surface area contributed by atoms with Gasteiger partial charge in [0.1, 0.15) is 5.60 Å². The maximum absolute atomic E-state index is 12.2. The molecular weight excluding hydrogens is 318 g/mol. The second-order valence-electron chi connectivity index (χ2n) is 6.69. The minimum Gasteiger partial charge on any atom is -0.481 e. The minimum absolute atomic E-state index is 0.00308. The van der Waals surface area contributed by atoms with Crippen LogP contribution in [0.4, 0.5) is 4.79 Å². The first-order chi connectivity index (χ1) is 11.7. The van der Waals surface area contributed by atoms with Crippen LogP contribution in [0.3, 0.4) is 0 Å². The summed E-state index contributed by atoms with van der Waals surface area (Å²) in [5, 5.41) is 8.91. The highest BCUT2D eigenvalue weighted by atomic mass is 16.6. The molecule has 0 radical (unpaired) electrons. The van der Waals surface area contributed by atoms with Crippen molar-refractivity contribution in [1.82, 2.24) is 4.90 Å². The Hall–Kier alpha value is -2.30. The van der Waals surface area contributed by atoms with Crippen molar-refractivity contribution in [1.29, 1.82) is 0 Å². The van der Waals surface area contributed by atoms with E-state index >= 15 is 0 Å². The molecule has 1 aromatic rings. The summed E-state index contributed by atoms with van der Waals surface area (Å²) >= 11 is 0. The molecule has 0 atom stereocenters. The molecule has 25 heavy (non-hydrogen) atoms. The minimum atomic E-state index is -0.852. The monoisotopic (exact) mass is 347 g/mol. The van der Waals surface area contributed by atoms with Gasteiger partial charge in [-0.15, -0.1) is 0 Å². The molecule has 1 N–H and O–H groups in total. The molecule has 0 unspecified atom stereocenters. The molecule has 1 amide bonds. The van der Waals surface area contributed by atoms with E-state index < -0.39 is 11.6 Å². The van der Waals surface area contributed by atoms with Crippen LogP contribution in [0.5, 0.6) is 0 Å². The second kappa shape index (κ2) is 9.25. The van der Waals surface area contributed by atoms with Gasteiger partial charge in [-0.2, -0.15) is 0 Å². The number of nitrogens with zero attached hydrogens (tertiary/aromatic N) is 1. The van der Waals surface area contributed by atoms with Crippen molar-refractivity contribution in [2.24, 2.45) is 0 Å². The summed E-state index contributed by atoms with van der Waals surface area (Å²) < 4.78 is 5.42. The molecule has 0 spiro atoms. The van der Waals surface area contributed by atoms with Crippen LogP contribution < -0.4 is 0 Å². The van der Waals surface area contributed by atoms with E-state index in [1.165, 1.54) is 0 Å². The van der Waals surface area contributed by atoms with Crippen molar-refractivity contribution in [3.05, 3.63) is 41.5 Å². The Labute approximate surface area is 150 Å². The van der Waals surface area contributed by atoms with E-state index in [-0.39, 0.29) is 12.5 Å². The van der Waals surface area contributed by atoms with Crippen LogP contribution in [-0.2, 0) is 16.0 Å². The van der Waals surface area contributed by atoms with Gasteiger partial charge >= 0.3 is 12.1 Å². The van der Waals surface area contributed by atoms with Crippen LogP contribution in [0, 0.1) is 0 Å². The third kappa shape index (κ3) is 6.99. The lowest BCUT2D eigenvalue weighted by atomic mass is 9.98. The van der Waals surface area contributed by atoms with Crippen LogP contribution in [0.15, 0.2) is 30.3 Å². The highest BCUT2D eigenvalue weighted by Gasteiger charge is 2.24. The van der Waals surface area contributed by atoms with Crippen molar-refractivity contribution < 1.29 is 19.4 Å². The summed E-state index contributed by atoms with van der Waals surface area (Å²) in [5.41, 5.74) is 2.22. The maximum Gasteiger partial charge on any atom is 0.410 e. The molecule has 2 rings (SSSR count). The first kappa shape index (κ1) is 20.7. The van der Waals surface area contributed by atoms with E-state index in [1.807, 2.05) is 52.8 Å². The fourth-order valence-corrected chi connectivity index (χ4v) is 2.49. The summed E-state index contributed by atoms with van der Waals surface area (Å²) in [5.74, 6) is -0.852. The Morgan fingerprint density at radius 1 is 1.24 bits per heavy atom. The second-order valence-corrected chi connectivity index (χ2v) is 6.69. The van der Waals surface area contributed by atoms with Crippen LogP contribution in [0.25, 0.3) is 5.57 Å².